The number of fused-ring (bicyclic) bond motifs is 1. The Hall–Kier alpha value is -0.930. The highest BCUT2D eigenvalue weighted by Crippen LogP contribution is 2.39. The summed E-state index contributed by atoms with van der Waals surface area (Å²) in [6.07, 6.45) is 0. The number of halogens is 1. The summed E-state index contributed by atoms with van der Waals surface area (Å²) in [5.74, 6) is 1.88. The van der Waals surface area contributed by atoms with Crippen LogP contribution in [0.1, 0.15) is 18.4 Å². The van der Waals surface area contributed by atoms with Gasteiger partial charge in [-0.15, -0.1) is 0 Å². The van der Waals surface area contributed by atoms with Crippen molar-refractivity contribution in [2.45, 2.75) is 12.8 Å². The predicted molar refractivity (Wildman–Crippen MR) is 59.9 cm³/mol. The fraction of sp³-hybridized carbons (Fsp3) is 0.455. The zero-order valence-corrected chi connectivity index (χ0v) is 9.60. The summed E-state index contributed by atoms with van der Waals surface area (Å²) in [4.78, 5) is 0. The van der Waals surface area contributed by atoms with E-state index in [2.05, 4.69) is 12.2 Å². The van der Waals surface area contributed by atoms with Crippen LogP contribution in [0.15, 0.2) is 12.1 Å². The maximum absolute atomic E-state index is 6.18. The van der Waals surface area contributed by atoms with Crippen LogP contribution < -0.4 is 14.8 Å². The molecule has 0 radical (unpaired) electrons. The van der Waals surface area contributed by atoms with Gasteiger partial charge in [-0.05, 0) is 24.6 Å². The van der Waals surface area contributed by atoms with Crippen LogP contribution in [-0.2, 0) is 0 Å². The summed E-state index contributed by atoms with van der Waals surface area (Å²) in [5.41, 5.74) is 1.09. The molecule has 0 aliphatic carbocycles. The van der Waals surface area contributed by atoms with Crippen LogP contribution in [0.2, 0.25) is 5.02 Å². The minimum Gasteiger partial charge on any atom is -0.454 e. The van der Waals surface area contributed by atoms with Gasteiger partial charge in [0.15, 0.2) is 11.5 Å². The molecule has 1 aromatic rings. The average molecular weight is 228 g/mol. The van der Waals surface area contributed by atoms with E-state index in [9.17, 15) is 0 Å². The molecule has 0 saturated heterocycles. The molecule has 1 aromatic carbocycles. The Bertz CT molecular complexity index is 368. The van der Waals surface area contributed by atoms with E-state index in [-0.39, 0.29) is 6.79 Å². The van der Waals surface area contributed by atoms with Gasteiger partial charge in [-0.2, -0.15) is 0 Å². The maximum Gasteiger partial charge on any atom is 0.231 e. The van der Waals surface area contributed by atoms with Crippen LogP contribution >= 0.6 is 11.6 Å². The summed E-state index contributed by atoms with van der Waals surface area (Å²) in [6, 6.07) is 3.79. The van der Waals surface area contributed by atoms with Gasteiger partial charge in [-0.3, -0.25) is 0 Å². The molecule has 3 nitrogen and oxygen atoms in total. The molecule has 15 heavy (non-hydrogen) atoms. The van der Waals surface area contributed by atoms with E-state index in [1.165, 1.54) is 0 Å². The molecule has 0 bridgehead atoms. The molecule has 1 N–H and O–H groups in total. The Kier molecular flexibility index (Phi) is 3.03. The van der Waals surface area contributed by atoms with Crippen molar-refractivity contribution in [3.05, 3.63) is 22.7 Å². The van der Waals surface area contributed by atoms with Crippen LogP contribution in [0, 0.1) is 0 Å². The number of likely N-dealkylation sites (N-methyl/N-ethyl adjacent to an activating group) is 1. The van der Waals surface area contributed by atoms with Gasteiger partial charge in [0.25, 0.3) is 0 Å². The predicted octanol–water partition coefficient (Wildman–Crippen LogP) is 2.39. The normalized spacial score (nSPS) is 15.4. The van der Waals surface area contributed by atoms with Crippen molar-refractivity contribution in [1.82, 2.24) is 5.32 Å². The van der Waals surface area contributed by atoms with Crippen LogP contribution in [-0.4, -0.2) is 20.4 Å². The lowest BCUT2D eigenvalue weighted by atomic mass is 10.0. The Morgan fingerprint density at radius 2 is 2.07 bits per heavy atom. The molecule has 1 atom stereocenters. The van der Waals surface area contributed by atoms with E-state index in [1.54, 1.807) is 0 Å². The summed E-state index contributed by atoms with van der Waals surface area (Å²) in [6.45, 7) is 3.30. The number of hydrogen-bond acceptors (Lipinski definition) is 3. The SMILES string of the molecule is CNCC(C)c1cc2c(cc1Cl)OCO2. The van der Waals surface area contributed by atoms with Crippen LogP contribution in [0.4, 0.5) is 0 Å². The van der Waals surface area contributed by atoms with Crippen molar-refractivity contribution in [2.24, 2.45) is 0 Å². The lowest BCUT2D eigenvalue weighted by molar-refractivity contribution is 0.174. The minimum atomic E-state index is 0.287. The van der Waals surface area contributed by atoms with E-state index in [1.807, 2.05) is 19.2 Å². The van der Waals surface area contributed by atoms with E-state index >= 15 is 0 Å². The van der Waals surface area contributed by atoms with Gasteiger partial charge in [0.2, 0.25) is 6.79 Å². The molecule has 82 valence electrons. The number of rotatable bonds is 3. The molecule has 4 heteroatoms. The quantitative estimate of drug-likeness (QED) is 0.860. The van der Waals surface area contributed by atoms with E-state index in [0.717, 1.165) is 28.6 Å². The minimum absolute atomic E-state index is 0.287. The Morgan fingerprint density at radius 3 is 2.73 bits per heavy atom. The summed E-state index contributed by atoms with van der Waals surface area (Å²) < 4.78 is 10.6. The zero-order chi connectivity index (χ0) is 10.8. The first-order chi connectivity index (χ1) is 7.22. The van der Waals surface area contributed by atoms with Crippen molar-refractivity contribution < 1.29 is 9.47 Å². The smallest absolute Gasteiger partial charge is 0.231 e. The molecule has 1 aliphatic heterocycles. The summed E-state index contributed by atoms with van der Waals surface area (Å²) >= 11 is 6.18. The van der Waals surface area contributed by atoms with Gasteiger partial charge in [0.05, 0.1) is 0 Å². The highest BCUT2D eigenvalue weighted by molar-refractivity contribution is 6.31. The second kappa shape index (κ2) is 4.29. The third kappa shape index (κ3) is 2.03. The van der Waals surface area contributed by atoms with Gasteiger partial charge < -0.3 is 14.8 Å². The van der Waals surface area contributed by atoms with E-state index in [0.29, 0.717) is 5.92 Å². The second-order valence-corrected chi connectivity index (χ2v) is 4.09. The fourth-order valence-corrected chi connectivity index (χ4v) is 2.07. The summed E-state index contributed by atoms with van der Waals surface area (Å²) in [7, 11) is 1.93. The molecular weight excluding hydrogens is 214 g/mol. The molecule has 1 unspecified atom stereocenters. The molecule has 1 aliphatic rings. The van der Waals surface area contributed by atoms with Crippen LogP contribution in [0.25, 0.3) is 0 Å². The third-order valence-corrected chi connectivity index (χ3v) is 2.86. The standard InChI is InChI=1S/C11H14ClNO2/c1-7(5-13-2)8-3-10-11(4-9(8)12)15-6-14-10/h3-4,7,13H,5-6H2,1-2H3. The highest BCUT2D eigenvalue weighted by Gasteiger charge is 2.18. The number of hydrogen-bond donors (Lipinski definition) is 1. The molecule has 2 rings (SSSR count). The van der Waals surface area contributed by atoms with Crippen LogP contribution in [0.5, 0.6) is 11.5 Å². The van der Waals surface area contributed by atoms with Gasteiger partial charge in [-0.25, -0.2) is 0 Å². The summed E-state index contributed by atoms with van der Waals surface area (Å²) in [5, 5.41) is 3.87. The second-order valence-electron chi connectivity index (χ2n) is 3.69. The van der Waals surface area contributed by atoms with Gasteiger partial charge in [-0.1, -0.05) is 18.5 Å². The Labute approximate surface area is 94.3 Å². The first kappa shape index (κ1) is 10.6. The molecule has 0 saturated carbocycles. The van der Waals surface area contributed by atoms with Gasteiger partial charge in [0.1, 0.15) is 0 Å². The Balaban J connectivity index is 2.31. The first-order valence-corrected chi connectivity index (χ1v) is 5.34. The van der Waals surface area contributed by atoms with Crippen molar-refractivity contribution in [3.8, 4) is 11.5 Å². The van der Waals surface area contributed by atoms with Crippen molar-refractivity contribution in [2.75, 3.05) is 20.4 Å². The van der Waals surface area contributed by atoms with Crippen molar-refractivity contribution in [1.29, 1.82) is 0 Å². The van der Waals surface area contributed by atoms with Gasteiger partial charge >= 0.3 is 0 Å². The lowest BCUT2D eigenvalue weighted by Gasteiger charge is -2.13. The third-order valence-electron chi connectivity index (χ3n) is 2.53. The first-order valence-electron chi connectivity index (χ1n) is 4.96. The fourth-order valence-electron chi connectivity index (χ4n) is 1.73. The number of benzene rings is 1. The monoisotopic (exact) mass is 227 g/mol. The molecule has 1 heterocycles. The topological polar surface area (TPSA) is 30.5 Å². The highest BCUT2D eigenvalue weighted by atomic mass is 35.5. The number of nitrogens with one attached hydrogen (secondary N) is 1. The molecule has 0 aromatic heterocycles. The number of ether oxygens (including phenoxy) is 2. The van der Waals surface area contributed by atoms with Gasteiger partial charge in [0, 0.05) is 17.6 Å². The average Bonchev–Trinajstić information content (AvgIpc) is 2.63. The molecule has 0 amide bonds. The molecule has 0 fully saturated rings. The van der Waals surface area contributed by atoms with Crippen molar-refractivity contribution >= 4 is 11.6 Å². The zero-order valence-electron chi connectivity index (χ0n) is 8.84. The maximum atomic E-state index is 6.18. The Morgan fingerprint density at radius 1 is 1.40 bits per heavy atom. The van der Waals surface area contributed by atoms with Crippen LogP contribution in [0.3, 0.4) is 0 Å². The largest absolute Gasteiger partial charge is 0.454 e. The van der Waals surface area contributed by atoms with E-state index < -0.39 is 0 Å². The molecule has 0 spiro atoms. The molecular formula is C11H14ClNO2. The van der Waals surface area contributed by atoms with Crippen molar-refractivity contribution in [3.63, 3.8) is 0 Å². The lowest BCUT2D eigenvalue weighted by Crippen LogP contribution is -2.14. The van der Waals surface area contributed by atoms with E-state index in [4.69, 9.17) is 21.1 Å².